The van der Waals surface area contributed by atoms with Crippen molar-refractivity contribution in [3.8, 4) is 17.2 Å². The van der Waals surface area contributed by atoms with Crippen LogP contribution in [0.25, 0.3) is 11.1 Å². The van der Waals surface area contributed by atoms with Gasteiger partial charge in [0.05, 0.1) is 23.8 Å². The first-order chi connectivity index (χ1) is 15.5. The number of rotatable bonds is 4. The molecule has 2 aromatic rings. The number of carbonyl (C=O) groups excluding carboxylic acids is 1. The second-order valence-electron chi connectivity index (χ2n) is 7.89. The van der Waals surface area contributed by atoms with Crippen molar-refractivity contribution >= 4 is 50.6 Å². The summed E-state index contributed by atoms with van der Waals surface area (Å²) >= 11 is 14.0. The summed E-state index contributed by atoms with van der Waals surface area (Å²) in [4.78, 5) is 16.9. The summed E-state index contributed by atoms with van der Waals surface area (Å²) in [5.74, 6) is 0.0848. The summed E-state index contributed by atoms with van der Waals surface area (Å²) in [6.07, 6.45) is 1.76. The Bertz CT molecular complexity index is 1030. The molecule has 7 nitrogen and oxygen atoms in total. The number of nitriles is 1. The molecule has 2 aliphatic rings. The van der Waals surface area contributed by atoms with E-state index in [-0.39, 0.29) is 18.6 Å². The zero-order valence-corrected chi connectivity index (χ0v) is 19.8. The van der Waals surface area contributed by atoms with Gasteiger partial charge in [-0.15, -0.1) is 0 Å². The number of benzene rings is 1. The summed E-state index contributed by atoms with van der Waals surface area (Å²) < 4.78 is 5.46. The Hall–Kier alpha value is -2.02. The predicted octanol–water partition coefficient (Wildman–Crippen LogP) is 4.67. The van der Waals surface area contributed by atoms with Crippen LogP contribution in [0.15, 0.2) is 18.2 Å². The van der Waals surface area contributed by atoms with Gasteiger partial charge in [-0.2, -0.15) is 5.26 Å². The molecular weight excluding hydrogens is 471 g/mol. The highest BCUT2D eigenvalue weighted by Gasteiger charge is 2.29. The fourth-order valence-corrected chi connectivity index (χ4v) is 5.83. The minimum atomic E-state index is -0.242. The standard InChI is InChI=1S/C22H24Cl2N4O3S/c23-15-3-4-16(18(24)10-15)19-17(11-25)21(27-6-8-31-9-7-27)32-20(19)26-22(30)28-5-1-2-14(12-28)13-29/h3-4,10,14,29H,1-2,5-9,12-13H2,(H,26,30). The zero-order valence-electron chi connectivity index (χ0n) is 17.4. The Morgan fingerprint density at radius 1 is 1.31 bits per heavy atom. The number of ether oxygens (including phenoxy) is 1. The van der Waals surface area contributed by atoms with E-state index in [9.17, 15) is 15.2 Å². The number of thiophene rings is 1. The molecule has 1 unspecified atom stereocenters. The van der Waals surface area contributed by atoms with Gasteiger partial charge in [-0.05, 0) is 30.9 Å². The van der Waals surface area contributed by atoms with Crippen molar-refractivity contribution in [3.05, 3.63) is 33.8 Å². The van der Waals surface area contributed by atoms with Crippen LogP contribution in [0.3, 0.4) is 0 Å². The van der Waals surface area contributed by atoms with Crippen LogP contribution >= 0.6 is 34.5 Å². The molecule has 0 aliphatic carbocycles. The molecule has 32 heavy (non-hydrogen) atoms. The largest absolute Gasteiger partial charge is 0.396 e. The highest BCUT2D eigenvalue weighted by molar-refractivity contribution is 7.21. The molecular formula is C22H24Cl2N4O3S. The number of likely N-dealkylation sites (tertiary alicyclic amines) is 1. The second kappa shape index (κ2) is 10.3. The molecule has 1 aromatic heterocycles. The van der Waals surface area contributed by atoms with Crippen molar-refractivity contribution < 1.29 is 14.6 Å². The average molecular weight is 495 g/mol. The normalized spacial score (nSPS) is 19.0. The SMILES string of the molecule is N#Cc1c(N2CCOCC2)sc(NC(=O)N2CCCC(CO)C2)c1-c1ccc(Cl)cc1Cl. The van der Waals surface area contributed by atoms with Gasteiger partial charge >= 0.3 is 6.03 Å². The molecule has 2 fully saturated rings. The van der Waals surface area contributed by atoms with Crippen molar-refractivity contribution in [1.29, 1.82) is 5.26 Å². The first kappa shape index (κ1) is 23.1. The Morgan fingerprint density at radius 3 is 2.78 bits per heavy atom. The van der Waals surface area contributed by atoms with Gasteiger partial charge in [-0.3, -0.25) is 5.32 Å². The van der Waals surface area contributed by atoms with Crippen LogP contribution in [0.1, 0.15) is 18.4 Å². The summed E-state index contributed by atoms with van der Waals surface area (Å²) in [5.41, 5.74) is 1.72. The topological polar surface area (TPSA) is 88.8 Å². The van der Waals surface area contributed by atoms with Crippen LogP contribution in [-0.2, 0) is 4.74 Å². The molecule has 170 valence electrons. The lowest BCUT2D eigenvalue weighted by atomic mass is 9.99. The third-order valence-electron chi connectivity index (χ3n) is 5.79. The molecule has 2 amide bonds. The smallest absolute Gasteiger partial charge is 0.322 e. The van der Waals surface area contributed by atoms with E-state index in [1.807, 2.05) is 0 Å². The van der Waals surface area contributed by atoms with Crippen LogP contribution in [0.2, 0.25) is 10.0 Å². The number of hydrogen-bond acceptors (Lipinski definition) is 6. The molecule has 2 aliphatic heterocycles. The summed E-state index contributed by atoms with van der Waals surface area (Å²) in [6.45, 7) is 3.70. The number of hydrogen-bond donors (Lipinski definition) is 2. The van der Waals surface area contributed by atoms with Gasteiger partial charge in [0.1, 0.15) is 16.1 Å². The minimum absolute atomic E-state index is 0.0637. The first-order valence-corrected chi connectivity index (χ1v) is 12.1. The number of nitrogens with zero attached hydrogens (tertiary/aromatic N) is 3. The highest BCUT2D eigenvalue weighted by Crippen LogP contribution is 2.48. The molecule has 0 bridgehead atoms. The number of halogens is 2. The number of anilines is 2. The lowest BCUT2D eigenvalue weighted by molar-refractivity contribution is 0.123. The van der Waals surface area contributed by atoms with Gasteiger partial charge in [0.2, 0.25) is 0 Å². The number of urea groups is 1. The predicted molar refractivity (Wildman–Crippen MR) is 128 cm³/mol. The maximum Gasteiger partial charge on any atom is 0.322 e. The molecule has 0 spiro atoms. The van der Waals surface area contributed by atoms with Crippen LogP contribution in [0.4, 0.5) is 14.8 Å². The highest BCUT2D eigenvalue weighted by atomic mass is 35.5. The van der Waals surface area contributed by atoms with E-state index in [0.29, 0.717) is 71.1 Å². The second-order valence-corrected chi connectivity index (χ2v) is 9.73. The quantitative estimate of drug-likeness (QED) is 0.644. The van der Waals surface area contributed by atoms with E-state index in [2.05, 4.69) is 16.3 Å². The average Bonchev–Trinajstić information content (AvgIpc) is 3.17. The summed E-state index contributed by atoms with van der Waals surface area (Å²) in [6, 6.07) is 7.21. The van der Waals surface area contributed by atoms with Crippen LogP contribution in [0.5, 0.6) is 0 Å². The Morgan fingerprint density at radius 2 is 2.09 bits per heavy atom. The fourth-order valence-electron chi connectivity index (χ4n) is 4.12. The van der Waals surface area contributed by atoms with Gasteiger partial charge in [-0.1, -0.05) is 40.6 Å². The Kier molecular flexibility index (Phi) is 7.44. The van der Waals surface area contributed by atoms with E-state index in [4.69, 9.17) is 27.9 Å². The van der Waals surface area contributed by atoms with Gasteiger partial charge in [-0.25, -0.2) is 4.79 Å². The molecule has 1 aromatic carbocycles. The monoisotopic (exact) mass is 494 g/mol. The maximum absolute atomic E-state index is 13.1. The van der Waals surface area contributed by atoms with Crippen LogP contribution < -0.4 is 10.2 Å². The van der Waals surface area contributed by atoms with Crippen molar-refractivity contribution in [3.63, 3.8) is 0 Å². The number of morpholine rings is 1. The number of carbonyl (C=O) groups is 1. The minimum Gasteiger partial charge on any atom is -0.396 e. The van der Waals surface area contributed by atoms with Gasteiger partial charge < -0.3 is 19.6 Å². The lowest BCUT2D eigenvalue weighted by Gasteiger charge is -2.31. The van der Waals surface area contributed by atoms with Gasteiger partial charge in [0, 0.05) is 48.9 Å². The number of amides is 2. The molecule has 2 saturated heterocycles. The van der Waals surface area contributed by atoms with E-state index < -0.39 is 0 Å². The molecule has 4 rings (SSSR count). The zero-order chi connectivity index (χ0) is 22.7. The van der Waals surface area contributed by atoms with Gasteiger partial charge in [0.15, 0.2) is 0 Å². The van der Waals surface area contributed by atoms with Crippen LogP contribution in [-0.4, -0.2) is 62.0 Å². The third kappa shape index (κ3) is 4.82. The summed E-state index contributed by atoms with van der Waals surface area (Å²) in [5, 5.41) is 24.9. The van der Waals surface area contributed by atoms with Crippen molar-refractivity contribution in [2.45, 2.75) is 12.8 Å². The molecule has 1 atom stereocenters. The Labute approximate surface area is 201 Å². The number of aliphatic hydroxyl groups is 1. The number of nitrogens with one attached hydrogen (secondary N) is 1. The van der Waals surface area contributed by atoms with Crippen molar-refractivity contribution in [2.75, 3.05) is 56.2 Å². The third-order valence-corrected chi connectivity index (χ3v) is 7.50. The summed E-state index contributed by atoms with van der Waals surface area (Å²) in [7, 11) is 0. The lowest BCUT2D eigenvalue weighted by Crippen LogP contribution is -2.43. The van der Waals surface area contributed by atoms with Crippen molar-refractivity contribution in [1.82, 2.24) is 4.90 Å². The molecule has 2 N–H and O–H groups in total. The molecule has 3 heterocycles. The molecule has 0 radical (unpaired) electrons. The van der Waals surface area contributed by atoms with Crippen LogP contribution in [0, 0.1) is 17.2 Å². The van der Waals surface area contributed by atoms with E-state index in [0.717, 1.165) is 17.8 Å². The van der Waals surface area contributed by atoms with E-state index in [1.54, 1.807) is 23.1 Å². The fraction of sp³-hybridized carbons (Fsp3) is 0.455. The Balaban J connectivity index is 1.73. The molecule has 10 heteroatoms. The maximum atomic E-state index is 13.1. The first-order valence-electron chi connectivity index (χ1n) is 10.5. The van der Waals surface area contributed by atoms with Gasteiger partial charge in [0.25, 0.3) is 0 Å². The van der Waals surface area contributed by atoms with E-state index >= 15 is 0 Å². The van der Waals surface area contributed by atoms with E-state index in [1.165, 1.54) is 11.3 Å². The number of piperidine rings is 1. The van der Waals surface area contributed by atoms with Crippen molar-refractivity contribution in [2.24, 2.45) is 5.92 Å². The number of aliphatic hydroxyl groups excluding tert-OH is 1. The molecule has 0 saturated carbocycles.